The standard InChI is InChI=1S/C63H51N/c1-61(2)53-25-15-13-23-48(53)49-35-33-45(37-56(49)61)64(59-27-16-14-22-46(59)41-18-9-7-10-19-41)44-31-28-40(29-32-44)43-30-34-50-51-38-58-52(39-57(51)63(5,6)55(50)36-43)60-47(42-20-11-8-12-21-42)24-17-26-54(60)62(58,3)4/h7-39H,1-6H3. The molecule has 0 radical (unpaired) electrons. The minimum absolute atomic E-state index is 0.102. The van der Waals surface area contributed by atoms with Gasteiger partial charge in [0.15, 0.2) is 0 Å². The summed E-state index contributed by atoms with van der Waals surface area (Å²) in [7, 11) is 0. The summed E-state index contributed by atoms with van der Waals surface area (Å²) in [5.74, 6) is 0. The van der Waals surface area contributed by atoms with E-state index in [1.165, 1.54) is 100 Å². The van der Waals surface area contributed by atoms with Crippen LogP contribution in [0.1, 0.15) is 74.9 Å². The van der Waals surface area contributed by atoms with Crippen LogP contribution in [0.5, 0.6) is 0 Å². The fourth-order valence-corrected chi connectivity index (χ4v) is 11.6. The second kappa shape index (κ2) is 13.9. The molecule has 0 N–H and O–H groups in total. The van der Waals surface area contributed by atoms with E-state index >= 15 is 0 Å². The summed E-state index contributed by atoms with van der Waals surface area (Å²) < 4.78 is 0. The van der Waals surface area contributed by atoms with Gasteiger partial charge in [-0.2, -0.15) is 0 Å². The Hall–Kier alpha value is -7.22. The van der Waals surface area contributed by atoms with Crippen LogP contribution in [0, 0.1) is 0 Å². The third-order valence-electron chi connectivity index (χ3n) is 15.1. The first-order chi connectivity index (χ1) is 31.0. The molecule has 0 fully saturated rings. The lowest BCUT2D eigenvalue weighted by Crippen LogP contribution is -2.17. The molecule has 1 heteroatoms. The van der Waals surface area contributed by atoms with Crippen molar-refractivity contribution in [2.24, 2.45) is 0 Å². The highest BCUT2D eigenvalue weighted by Gasteiger charge is 2.43. The van der Waals surface area contributed by atoms with Gasteiger partial charge in [-0.25, -0.2) is 0 Å². The molecule has 0 atom stereocenters. The van der Waals surface area contributed by atoms with Crippen molar-refractivity contribution in [3.05, 3.63) is 234 Å². The van der Waals surface area contributed by atoms with Crippen molar-refractivity contribution in [2.45, 2.75) is 57.8 Å². The fraction of sp³-hybridized carbons (Fsp3) is 0.143. The van der Waals surface area contributed by atoms with E-state index in [0.29, 0.717) is 0 Å². The van der Waals surface area contributed by atoms with Crippen LogP contribution in [0.15, 0.2) is 200 Å². The molecular formula is C63H51N. The third-order valence-corrected chi connectivity index (χ3v) is 15.1. The van der Waals surface area contributed by atoms with Crippen molar-refractivity contribution in [1.29, 1.82) is 0 Å². The summed E-state index contributed by atoms with van der Waals surface area (Å²) in [5, 5.41) is 0. The average Bonchev–Trinajstić information content (AvgIpc) is 3.81. The molecule has 12 rings (SSSR count). The molecule has 1 nitrogen and oxygen atoms in total. The molecule has 0 amide bonds. The topological polar surface area (TPSA) is 3.24 Å². The van der Waals surface area contributed by atoms with Crippen molar-refractivity contribution in [1.82, 2.24) is 0 Å². The molecule has 0 saturated carbocycles. The summed E-state index contributed by atoms with van der Waals surface area (Å²) in [6, 6.07) is 74.9. The Kier molecular flexibility index (Phi) is 8.35. The van der Waals surface area contributed by atoms with Crippen LogP contribution in [0.25, 0.3) is 66.8 Å². The smallest absolute Gasteiger partial charge is 0.0540 e. The third kappa shape index (κ3) is 5.56. The Morgan fingerprint density at radius 2 is 0.734 bits per heavy atom. The molecule has 9 aromatic rings. The fourth-order valence-electron chi connectivity index (χ4n) is 11.6. The molecular weight excluding hydrogens is 771 g/mol. The van der Waals surface area contributed by atoms with Crippen LogP contribution in [0.2, 0.25) is 0 Å². The summed E-state index contributed by atoms with van der Waals surface area (Å²) >= 11 is 0. The minimum atomic E-state index is -0.164. The quantitative estimate of drug-likeness (QED) is 0.161. The van der Waals surface area contributed by atoms with Gasteiger partial charge in [-0.3, -0.25) is 0 Å². The Labute approximate surface area is 378 Å². The maximum absolute atomic E-state index is 2.54. The summed E-state index contributed by atoms with van der Waals surface area (Å²) in [5.41, 5.74) is 27.0. The first-order valence-corrected chi connectivity index (χ1v) is 22.8. The number of hydrogen-bond donors (Lipinski definition) is 0. The summed E-state index contributed by atoms with van der Waals surface area (Å²) in [6.07, 6.45) is 0. The van der Waals surface area contributed by atoms with Gasteiger partial charge in [-0.05, 0) is 143 Å². The molecule has 9 aromatic carbocycles. The van der Waals surface area contributed by atoms with E-state index in [1.54, 1.807) is 0 Å². The highest BCUT2D eigenvalue weighted by atomic mass is 15.1. The second-order valence-corrected chi connectivity index (χ2v) is 19.7. The number of rotatable bonds is 6. The normalized spacial score (nSPS) is 15.1. The number of anilines is 3. The van der Waals surface area contributed by atoms with Crippen LogP contribution >= 0.6 is 0 Å². The van der Waals surface area contributed by atoms with E-state index in [0.717, 1.165) is 17.1 Å². The van der Waals surface area contributed by atoms with Crippen LogP contribution in [0.4, 0.5) is 17.1 Å². The Morgan fingerprint density at radius 3 is 1.48 bits per heavy atom. The lowest BCUT2D eigenvalue weighted by atomic mass is 9.79. The van der Waals surface area contributed by atoms with Crippen molar-refractivity contribution in [3.63, 3.8) is 0 Å². The molecule has 0 saturated heterocycles. The predicted molar refractivity (Wildman–Crippen MR) is 270 cm³/mol. The molecule has 308 valence electrons. The van der Waals surface area contributed by atoms with E-state index in [-0.39, 0.29) is 16.2 Å². The van der Waals surface area contributed by atoms with Crippen molar-refractivity contribution < 1.29 is 0 Å². The largest absolute Gasteiger partial charge is 0.310 e. The molecule has 3 aliphatic carbocycles. The van der Waals surface area contributed by atoms with Crippen LogP contribution < -0.4 is 4.90 Å². The van der Waals surface area contributed by atoms with Crippen LogP contribution in [0.3, 0.4) is 0 Å². The molecule has 0 aliphatic heterocycles. The molecule has 0 aromatic heterocycles. The molecule has 0 bridgehead atoms. The van der Waals surface area contributed by atoms with Gasteiger partial charge in [-0.1, -0.05) is 193 Å². The Bertz CT molecular complexity index is 3330. The van der Waals surface area contributed by atoms with Gasteiger partial charge in [0.05, 0.1) is 5.69 Å². The molecule has 0 spiro atoms. The van der Waals surface area contributed by atoms with Crippen molar-refractivity contribution in [3.8, 4) is 66.8 Å². The predicted octanol–water partition coefficient (Wildman–Crippen LogP) is 17.1. The summed E-state index contributed by atoms with van der Waals surface area (Å²) in [6.45, 7) is 14.4. The van der Waals surface area contributed by atoms with Crippen LogP contribution in [-0.4, -0.2) is 0 Å². The first-order valence-electron chi connectivity index (χ1n) is 22.8. The molecule has 3 aliphatic rings. The molecule has 0 heterocycles. The van der Waals surface area contributed by atoms with Gasteiger partial charge in [0.1, 0.15) is 0 Å². The van der Waals surface area contributed by atoms with E-state index < -0.39 is 0 Å². The molecule has 0 unspecified atom stereocenters. The average molecular weight is 822 g/mol. The second-order valence-electron chi connectivity index (χ2n) is 19.7. The first kappa shape index (κ1) is 38.5. The minimum Gasteiger partial charge on any atom is -0.310 e. The van der Waals surface area contributed by atoms with Crippen molar-refractivity contribution >= 4 is 17.1 Å². The van der Waals surface area contributed by atoms with Crippen LogP contribution in [-0.2, 0) is 16.2 Å². The number of hydrogen-bond acceptors (Lipinski definition) is 1. The lowest BCUT2D eigenvalue weighted by Gasteiger charge is -2.30. The van der Waals surface area contributed by atoms with Crippen molar-refractivity contribution in [2.75, 3.05) is 4.90 Å². The van der Waals surface area contributed by atoms with E-state index in [1.807, 2.05) is 0 Å². The summed E-state index contributed by atoms with van der Waals surface area (Å²) in [4.78, 5) is 2.45. The number of nitrogens with zero attached hydrogens (tertiary/aromatic N) is 1. The highest BCUT2D eigenvalue weighted by molar-refractivity contribution is 5.97. The Balaban J connectivity index is 0.942. The van der Waals surface area contributed by atoms with Gasteiger partial charge in [0.2, 0.25) is 0 Å². The van der Waals surface area contributed by atoms with Gasteiger partial charge < -0.3 is 4.90 Å². The lowest BCUT2D eigenvalue weighted by molar-refractivity contribution is 0.652. The zero-order valence-electron chi connectivity index (χ0n) is 37.5. The molecule has 64 heavy (non-hydrogen) atoms. The van der Waals surface area contributed by atoms with E-state index in [9.17, 15) is 0 Å². The number of benzene rings is 9. The maximum atomic E-state index is 2.54. The van der Waals surface area contributed by atoms with Gasteiger partial charge in [-0.15, -0.1) is 0 Å². The van der Waals surface area contributed by atoms with Gasteiger partial charge >= 0.3 is 0 Å². The monoisotopic (exact) mass is 821 g/mol. The van der Waals surface area contributed by atoms with E-state index in [4.69, 9.17) is 0 Å². The van der Waals surface area contributed by atoms with Gasteiger partial charge in [0, 0.05) is 33.2 Å². The van der Waals surface area contributed by atoms with Gasteiger partial charge in [0.25, 0.3) is 0 Å². The number of para-hydroxylation sites is 1. The zero-order chi connectivity index (χ0) is 43.5. The number of fused-ring (bicyclic) bond motifs is 9. The SMILES string of the molecule is CC1(C)c2ccccc2-c2ccc(N(c3ccc(-c4ccc5c(c4)C(C)(C)c4cc6c(cc4-5)C(C)(C)c4cccc(-c5ccccc5)c4-6)cc3)c3ccccc3-c3ccccc3)cc21. The zero-order valence-corrected chi connectivity index (χ0v) is 37.5. The maximum Gasteiger partial charge on any atom is 0.0540 e. The highest BCUT2D eigenvalue weighted by Crippen LogP contribution is 2.58. The van der Waals surface area contributed by atoms with E-state index in [2.05, 4.69) is 247 Å². The Morgan fingerprint density at radius 1 is 0.266 bits per heavy atom.